The van der Waals surface area contributed by atoms with Crippen molar-refractivity contribution < 1.29 is 14.3 Å². The molecule has 1 atom stereocenters. The molecule has 0 radical (unpaired) electrons. The van der Waals surface area contributed by atoms with Gasteiger partial charge in [0.1, 0.15) is 0 Å². The first-order chi connectivity index (χ1) is 8.84. The zero-order chi connectivity index (χ0) is 14.0. The molecule has 1 saturated carbocycles. The maximum absolute atomic E-state index is 11.8. The summed E-state index contributed by atoms with van der Waals surface area (Å²) in [6.07, 6.45) is 2.12. The smallest absolute Gasteiger partial charge is 0.321 e. The van der Waals surface area contributed by atoms with Gasteiger partial charge in [0.05, 0.1) is 18.2 Å². The van der Waals surface area contributed by atoms with E-state index in [1.165, 1.54) is 0 Å². The summed E-state index contributed by atoms with van der Waals surface area (Å²) in [5, 5.41) is 5.10. The molecule has 0 aromatic rings. The van der Waals surface area contributed by atoms with Gasteiger partial charge in [-0.05, 0) is 33.6 Å². The Labute approximate surface area is 113 Å². The summed E-state index contributed by atoms with van der Waals surface area (Å²) in [5.74, 6) is -0.261. The molecule has 1 aliphatic carbocycles. The molecule has 108 valence electrons. The van der Waals surface area contributed by atoms with Crippen LogP contribution < -0.4 is 10.6 Å². The Hall–Kier alpha value is -1.14. The minimum absolute atomic E-state index is 0.0943. The lowest BCUT2D eigenvalue weighted by atomic mass is 10.1. The molecule has 3 amide bonds. The third-order valence-electron chi connectivity index (χ3n) is 3.17. The van der Waals surface area contributed by atoms with Crippen LogP contribution in [0.5, 0.6) is 0 Å². The molecule has 1 heterocycles. The summed E-state index contributed by atoms with van der Waals surface area (Å²) in [7, 11) is 0. The summed E-state index contributed by atoms with van der Waals surface area (Å²) in [6, 6.07) is -0.122. The molecule has 2 aliphatic rings. The van der Waals surface area contributed by atoms with Crippen LogP contribution in [0, 0.1) is 0 Å². The second-order valence-corrected chi connectivity index (χ2v) is 6.15. The number of carbonyl (C=O) groups excluding carboxylic acids is 2. The number of imide groups is 1. The number of morpholine rings is 1. The van der Waals surface area contributed by atoms with Gasteiger partial charge in [-0.1, -0.05) is 0 Å². The number of nitrogens with one attached hydrogen (secondary N) is 2. The Morgan fingerprint density at radius 2 is 2.05 bits per heavy atom. The van der Waals surface area contributed by atoms with Gasteiger partial charge in [-0.25, -0.2) is 4.79 Å². The number of nitrogens with zero attached hydrogens (tertiary/aromatic N) is 1. The van der Waals surface area contributed by atoms with E-state index in [0.29, 0.717) is 13.1 Å². The van der Waals surface area contributed by atoms with Crippen molar-refractivity contribution in [3.05, 3.63) is 0 Å². The van der Waals surface area contributed by atoms with Gasteiger partial charge in [0.2, 0.25) is 5.91 Å². The maximum Gasteiger partial charge on any atom is 0.321 e. The number of rotatable bonds is 3. The van der Waals surface area contributed by atoms with Crippen LogP contribution in [-0.4, -0.2) is 54.2 Å². The molecular weight excluding hydrogens is 246 g/mol. The van der Waals surface area contributed by atoms with E-state index in [0.717, 1.165) is 12.8 Å². The zero-order valence-corrected chi connectivity index (χ0v) is 11.9. The summed E-state index contributed by atoms with van der Waals surface area (Å²) < 4.78 is 5.77. The van der Waals surface area contributed by atoms with Crippen LogP contribution in [-0.2, 0) is 9.53 Å². The van der Waals surface area contributed by atoms with Crippen LogP contribution in [0.3, 0.4) is 0 Å². The zero-order valence-electron chi connectivity index (χ0n) is 11.9. The molecule has 2 N–H and O–H groups in total. The number of amides is 3. The van der Waals surface area contributed by atoms with Gasteiger partial charge < -0.3 is 10.1 Å². The molecule has 1 aliphatic heterocycles. The van der Waals surface area contributed by atoms with Crippen molar-refractivity contribution in [2.45, 2.75) is 51.4 Å². The van der Waals surface area contributed by atoms with E-state index in [1.807, 2.05) is 25.7 Å². The fraction of sp³-hybridized carbons (Fsp3) is 0.846. The predicted octanol–water partition coefficient (Wildman–Crippen LogP) is 0.474. The van der Waals surface area contributed by atoms with Gasteiger partial charge in [-0.15, -0.1) is 0 Å². The van der Waals surface area contributed by atoms with Crippen LogP contribution in [0.2, 0.25) is 0 Å². The van der Waals surface area contributed by atoms with Gasteiger partial charge in [-0.2, -0.15) is 0 Å². The molecule has 2 rings (SSSR count). The van der Waals surface area contributed by atoms with Crippen molar-refractivity contribution >= 4 is 11.9 Å². The van der Waals surface area contributed by atoms with Gasteiger partial charge in [-0.3, -0.25) is 15.0 Å². The monoisotopic (exact) mass is 269 g/mol. The van der Waals surface area contributed by atoms with Gasteiger partial charge in [0.25, 0.3) is 0 Å². The number of hydrogen-bond donors (Lipinski definition) is 2. The Morgan fingerprint density at radius 3 is 2.63 bits per heavy atom. The first-order valence-corrected chi connectivity index (χ1v) is 6.84. The van der Waals surface area contributed by atoms with Crippen LogP contribution >= 0.6 is 0 Å². The second kappa shape index (κ2) is 5.46. The quantitative estimate of drug-likeness (QED) is 0.781. The second-order valence-electron chi connectivity index (χ2n) is 6.15. The van der Waals surface area contributed by atoms with Crippen LogP contribution in [0.4, 0.5) is 4.79 Å². The van der Waals surface area contributed by atoms with E-state index in [9.17, 15) is 9.59 Å². The third-order valence-corrected chi connectivity index (χ3v) is 3.17. The van der Waals surface area contributed by atoms with Crippen molar-refractivity contribution in [2.24, 2.45) is 0 Å². The van der Waals surface area contributed by atoms with Crippen LogP contribution in [0.15, 0.2) is 0 Å². The molecule has 1 unspecified atom stereocenters. The van der Waals surface area contributed by atoms with Gasteiger partial charge in [0.15, 0.2) is 0 Å². The Bertz CT molecular complexity index is 366. The summed E-state index contributed by atoms with van der Waals surface area (Å²) in [5.41, 5.74) is -0.256. The van der Waals surface area contributed by atoms with Crippen LogP contribution in [0.1, 0.15) is 33.6 Å². The Balaban J connectivity index is 1.76. The lowest BCUT2D eigenvalue weighted by Crippen LogP contribution is -2.55. The van der Waals surface area contributed by atoms with E-state index in [1.54, 1.807) is 0 Å². The molecule has 1 saturated heterocycles. The molecule has 0 spiro atoms. The number of carbonyl (C=O) groups is 2. The van der Waals surface area contributed by atoms with Crippen molar-refractivity contribution in [1.29, 1.82) is 0 Å². The number of urea groups is 1. The van der Waals surface area contributed by atoms with Gasteiger partial charge >= 0.3 is 6.03 Å². The highest BCUT2D eigenvalue weighted by molar-refractivity contribution is 5.95. The van der Waals surface area contributed by atoms with Crippen molar-refractivity contribution in [3.63, 3.8) is 0 Å². The highest BCUT2D eigenvalue weighted by Crippen LogP contribution is 2.20. The largest absolute Gasteiger partial charge is 0.370 e. The lowest BCUT2D eigenvalue weighted by Gasteiger charge is -2.41. The van der Waals surface area contributed by atoms with E-state index in [-0.39, 0.29) is 36.2 Å². The number of ether oxygens (including phenoxy) is 1. The summed E-state index contributed by atoms with van der Waals surface area (Å²) in [4.78, 5) is 25.3. The summed E-state index contributed by atoms with van der Waals surface area (Å²) >= 11 is 0. The Morgan fingerprint density at radius 1 is 1.37 bits per heavy atom. The van der Waals surface area contributed by atoms with Crippen molar-refractivity contribution in [3.8, 4) is 0 Å². The van der Waals surface area contributed by atoms with Crippen LogP contribution in [0.25, 0.3) is 0 Å². The summed E-state index contributed by atoms with van der Waals surface area (Å²) in [6.45, 7) is 7.64. The maximum atomic E-state index is 11.8. The van der Waals surface area contributed by atoms with E-state index < -0.39 is 0 Å². The SMILES string of the molecule is CC1CN(CC(=O)NC(=O)NC2CC2)CC(C)(C)O1. The van der Waals surface area contributed by atoms with Crippen molar-refractivity contribution in [1.82, 2.24) is 15.5 Å². The predicted molar refractivity (Wildman–Crippen MR) is 70.8 cm³/mol. The van der Waals surface area contributed by atoms with E-state index >= 15 is 0 Å². The highest BCUT2D eigenvalue weighted by Gasteiger charge is 2.32. The van der Waals surface area contributed by atoms with E-state index in [2.05, 4.69) is 10.6 Å². The molecule has 19 heavy (non-hydrogen) atoms. The van der Waals surface area contributed by atoms with E-state index in [4.69, 9.17) is 4.74 Å². The highest BCUT2D eigenvalue weighted by atomic mass is 16.5. The molecule has 0 aromatic carbocycles. The topological polar surface area (TPSA) is 70.7 Å². The van der Waals surface area contributed by atoms with Crippen molar-refractivity contribution in [2.75, 3.05) is 19.6 Å². The lowest BCUT2D eigenvalue weighted by molar-refractivity contribution is -0.138. The minimum atomic E-state index is -0.381. The minimum Gasteiger partial charge on any atom is -0.370 e. The molecule has 6 nitrogen and oxygen atoms in total. The third kappa shape index (κ3) is 4.80. The molecule has 2 fully saturated rings. The fourth-order valence-corrected chi connectivity index (χ4v) is 2.52. The molecule has 0 aromatic heterocycles. The standard InChI is InChI=1S/C13H23N3O3/c1-9-6-16(8-13(2,3)19-9)7-11(17)15-12(18)14-10-4-5-10/h9-10H,4-8H2,1-3H3,(H2,14,15,17,18). The number of hydrogen-bond acceptors (Lipinski definition) is 4. The van der Waals surface area contributed by atoms with Gasteiger partial charge in [0, 0.05) is 19.1 Å². The first-order valence-electron chi connectivity index (χ1n) is 6.84. The average Bonchev–Trinajstić information content (AvgIpc) is 2.96. The first kappa shape index (κ1) is 14.3. The average molecular weight is 269 g/mol. The normalized spacial score (nSPS) is 26.8. The molecule has 0 bridgehead atoms. The molecule has 6 heteroatoms. The fourth-order valence-electron chi connectivity index (χ4n) is 2.52. The molecular formula is C13H23N3O3. The Kier molecular flexibility index (Phi) is 4.10.